The van der Waals surface area contributed by atoms with Crippen molar-refractivity contribution in [2.24, 2.45) is 5.10 Å². The molecule has 10 heteroatoms. The molecule has 28 heavy (non-hydrogen) atoms. The third kappa shape index (κ3) is 3.03. The van der Waals surface area contributed by atoms with E-state index in [1.807, 2.05) is 54.6 Å². The molecule has 2 aromatic carbocycles. The Hall–Kier alpha value is -3.53. The van der Waals surface area contributed by atoms with E-state index in [4.69, 9.17) is 0 Å². The maximum absolute atomic E-state index is 12.4. The smallest absolute Gasteiger partial charge is 0.255 e. The second-order valence-corrected chi connectivity index (χ2v) is 7.07. The number of hydrogen-bond acceptors (Lipinski definition) is 7. The minimum atomic E-state index is -0.114. The lowest BCUT2D eigenvalue weighted by molar-refractivity contribution is -0.117. The molecule has 0 saturated heterocycles. The first-order valence-electron chi connectivity index (χ1n) is 8.58. The van der Waals surface area contributed by atoms with Crippen molar-refractivity contribution < 1.29 is 4.79 Å². The summed E-state index contributed by atoms with van der Waals surface area (Å²) in [6.45, 7) is 0. The molecular weight excluding hydrogens is 376 g/mol. The molecule has 0 aliphatic carbocycles. The summed E-state index contributed by atoms with van der Waals surface area (Å²) in [5.41, 5.74) is 3.29. The summed E-state index contributed by atoms with van der Waals surface area (Å²) in [6, 6.07) is 17.3. The highest BCUT2D eigenvalue weighted by molar-refractivity contribution is 7.99. The van der Waals surface area contributed by atoms with Crippen molar-refractivity contribution in [1.29, 1.82) is 0 Å². The van der Waals surface area contributed by atoms with Crippen LogP contribution < -0.4 is 5.01 Å². The number of nitrogens with zero attached hydrogens (tertiary/aromatic N) is 7. The van der Waals surface area contributed by atoms with Gasteiger partial charge in [0.2, 0.25) is 11.1 Å². The van der Waals surface area contributed by atoms with Gasteiger partial charge < -0.3 is 4.98 Å². The van der Waals surface area contributed by atoms with Gasteiger partial charge in [-0.2, -0.15) is 14.8 Å². The molecule has 9 nitrogen and oxygen atoms in total. The Morgan fingerprint density at radius 2 is 1.89 bits per heavy atom. The number of thioether (sulfide) groups is 1. The molecule has 0 saturated carbocycles. The number of hydrazone groups is 1. The van der Waals surface area contributed by atoms with Crippen molar-refractivity contribution in [2.75, 3.05) is 10.8 Å². The first kappa shape index (κ1) is 16.6. The fourth-order valence-electron chi connectivity index (χ4n) is 2.92. The van der Waals surface area contributed by atoms with Crippen molar-refractivity contribution >= 4 is 40.4 Å². The van der Waals surface area contributed by atoms with E-state index in [2.05, 4.69) is 30.6 Å². The maximum Gasteiger partial charge on any atom is 0.255 e. The van der Waals surface area contributed by atoms with Gasteiger partial charge in [-0.05, 0) is 34.7 Å². The number of H-pyrrole nitrogens is 1. The molecule has 4 aromatic rings. The van der Waals surface area contributed by atoms with E-state index in [1.54, 1.807) is 4.68 Å². The number of fused-ring (bicyclic) bond motifs is 1. The van der Waals surface area contributed by atoms with Crippen LogP contribution in [0.15, 0.2) is 64.9 Å². The molecule has 1 N–H and O–H groups in total. The van der Waals surface area contributed by atoms with Gasteiger partial charge in [-0.15, -0.1) is 5.10 Å². The number of amides is 1. The van der Waals surface area contributed by atoms with Crippen LogP contribution in [-0.2, 0) is 4.79 Å². The van der Waals surface area contributed by atoms with Crippen LogP contribution in [0.4, 0.5) is 5.95 Å². The predicted molar refractivity (Wildman–Crippen MR) is 106 cm³/mol. The standard InChI is InChI=1S/C18H14N8OS/c27-16-10-12(22-26(16)17-19-14-8-4-5-9-15(14)20-17)11-28-18-21-23-24-25(18)13-6-2-1-3-7-13/h1-9H,10-11H2,(H,19,20). The Morgan fingerprint density at radius 3 is 2.75 bits per heavy atom. The summed E-state index contributed by atoms with van der Waals surface area (Å²) < 4.78 is 1.67. The van der Waals surface area contributed by atoms with Gasteiger partial charge in [0.1, 0.15) is 0 Å². The normalized spacial score (nSPS) is 14.1. The van der Waals surface area contributed by atoms with E-state index in [9.17, 15) is 4.79 Å². The van der Waals surface area contributed by atoms with Gasteiger partial charge in [-0.3, -0.25) is 4.79 Å². The number of rotatable bonds is 5. The van der Waals surface area contributed by atoms with Gasteiger partial charge >= 0.3 is 0 Å². The van der Waals surface area contributed by atoms with E-state index in [0.717, 1.165) is 22.4 Å². The van der Waals surface area contributed by atoms with Gasteiger partial charge in [-0.25, -0.2) is 4.98 Å². The number of tetrazole rings is 1. The van der Waals surface area contributed by atoms with E-state index in [0.29, 0.717) is 16.9 Å². The molecule has 0 unspecified atom stereocenters. The number of benzene rings is 2. The summed E-state index contributed by atoms with van der Waals surface area (Å²) in [5.74, 6) is 0.827. The Balaban J connectivity index is 1.34. The lowest BCUT2D eigenvalue weighted by atomic mass is 10.3. The van der Waals surface area contributed by atoms with Crippen molar-refractivity contribution in [3.05, 3.63) is 54.6 Å². The second-order valence-electron chi connectivity index (χ2n) is 6.12. The van der Waals surface area contributed by atoms with Crippen molar-refractivity contribution in [3.8, 4) is 5.69 Å². The molecule has 3 heterocycles. The quantitative estimate of drug-likeness (QED) is 0.525. The van der Waals surface area contributed by atoms with E-state index >= 15 is 0 Å². The topological polar surface area (TPSA) is 105 Å². The highest BCUT2D eigenvalue weighted by atomic mass is 32.2. The molecule has 0 radical (unpaired) electrons. The molecule has 138 valence electrons. The van der Waals surface area contributed by atoms with E-state index < -0.39 is 0 Å². The third-order valence-corrected chi connectivity index (χ3v) is 5.21. The summed E-state index contributed by atoms with van der Waals surface area (Å²) in [7, 11) is 0. The Kier molecular flexibility index (Phi) is 4.09. The van der Waals surface area contributed by atoms with Crippen LogP contribution in [0.5, 0.6) is 0 Å². The van der Waals surface area contributed by atoms with Crippen LogP contribution in [0.3, 0.4) is 0 Å². The molecule has 5 rings (SSSR count). The lowest BCUT2D eigenvalue weighted by Crippen LogP contribution is -2.20. The van der Waals surface area contributed by atoms with Crippen molar-refractivity contribution in [3.63, 3.8) is 0 Å². The average molecular weight is 390 g/mol. The molecule has 2 aromatic heterocycles. The SMILES string of the molecule is O=C1CC(CSc2nnnn2-c2ccccc2)=NN1c1nc2ccccc2[nH]1. The van der Waals surface area contributed by atoms with Crippen LogP contribution in [0.25, 0.3) is 16.7 Å². The molecular formula is C18H14N8OS. The Labute approximate surface area is 163 Å². The van der Waals surface area contributed by atoms with E-state index in [-0.39, 0.29) is 12.3 Å². The fraction of sp³-hybridized carbons (Fsp3) is 0.111. The van der Waals surface area contributed by atoms with E-state index in [1.165, 1.54) is 16.8 Å². The molecule has 0 spiro atoms. The van der Waals surface area contributed by atoms with Gasteiger partial charge in [0.05, 0.1) is 28.9 Å². The largest absolute Gasteiger partial charge is 0.322 e. The number of carbonyl (C=O) groups excluding carboxylic acids is 1. The minimum absolute atomic E-state index is 0.114. The van der Waals surface area contributed by atoms with Crippen molar-refractivity contribution in [2.45, 2.75) is 11.6 Å². The summed E-state index contributed by atoms with van der Waals surface area (Å²) >= 11 is 1.44. The number of para-hydroxylation sites is 3. The summed E-state index contributed by atoms with van der Waals surface area (Å²) in [6.07, 6.45) is 0.247. The monoisotopic (exact) mass is 390 g/mol. The van der Waals surface area contributed by atoms with Crippen LogP contribution >= 0.6 is 11.8 Å². The first-order valence-corrected chi connectivity index (χ1v) is 9.57. The van der Waals surface area contributed by atoms with Gasteiger partial charge in [0, 0.05) is 5.75 Å². The van der Waals surface area contributed by atoms with Gasteiger partial charge in [0.25, 0.3) is 5.91 Å². The van der Waals surface area contributed by atoms with Crippen LogP contribution in [0.2, 0.25) is 0 Å². The number of carbonyl (C=O) groups is 1. The molecule has 1 amide bonds. The zero-order valence-corrected chi connectivity index (χ0v) is 15.4. The number of anilines is 1. The molecule has 0 atom stereocenters. The Bertz CT molecular complexity index is 1150. The van der Waals surface area contributed by atoms with Gasteiger partial charge in [0.15, 0.2) is 0 Å². The fourth-order valence-corrected chi connectivity index (χ4v) is 3.73. The number of nitrogens with one attached hydrogen (secondary N) is 1. The van der Waals surface area contributed by atoms with Crippen molar-refractivity contribution in [1.82, 2.24) is 30.2 Å². The van der Waals surface area contributed by atoms with Crippen LogP contribution in [0.1, 0.15) is 6.42 Å². The predicted octanol–water partition coefficient (Wildman–Crippen LogP) is 2.42. The summed E-state index contributed by atoms with van der Waals surface area (Å²) in [5, 5.41) is 18.3. The zero-order chi connectivity index (χ0) is 18.9. The highest BCUT2D eigenvalue weighted by Crippen LogP contribution is 2.24. The Morgan fingerprint density at radius 1 is 1.07 bits per heavy atom. The lowest BCUT2D eigenvalue weighted by Gasteiger charge is -2.06. The third-order valence-electron chi connectivity index (χ3n) is 4.22. The van der Waals surface area contributed by atoms with Crippen LogP contribution in [-0.4, -0.2) is 47.5 Å². The molecule has 1 aliphatic rings. The first-order chi connectivity index (χ1) is 13.8. The molecule has 0 bridgehead atoms. The van der Waals surface area contributed by atoms with Crippen LogP contribution in [0, 0.1) is 0 Å². The second kappa shape index (κ2) is 6.89. The number of aromatic nitrogens is 6. The molecule has 0 fully saturated rings. The van der Waals surface area contributed by atoms with Gasteiger partial charge in [-0.1, -0.05) is 42.1 Å². The number of imidazole rings is 1. The number of aromatic amines is 1. The zero-order valence-electron chi connectivity index (χ0n) is 14.6. The minimum Gasteiger partial charge on any atom is -0.322 e. The summed E-state index contributed by atoms with van der Waals surface area (Å²) in [4.78, 5) is 20.0. The number of hydrogen-bond donors (Lipinski definition) is 1. The molecule has 1 aliphatic heterocycles. The average Bonchev–Trinajstić information content (AvgIpc) is 3.44. The maximum atomic E-state index is 12.4. The highest BCUT2D eigenvalue weighted by Gasteiger charge is 2.28.